The molecule has 1 rings (SSSR count). The Balaban J connectivity index is 2.63. The van der Waals surface area contributed by atoms with Gasteiger partial charge in [0.15, 0.2) is 0 Å². The largest absolute Gasteiger partial charge is 0.387 e. The van der Waals surface area contributed by atoms with Crippen LogP contribution in [0.5, 0.6) is 0 Å². The summed E-state index contributed by atoms with van der Waals surface area (Å²) >= 11 is 0. The minimum atomic E-state index is -0.760. The Morgan fingerprint density at radius 3 is 2.73 bits per heavy atom. The second-order valence-electron chi connectivity index (χ2n) is 3.44. The molecule has 1 aliphatic rings. The van der Waals surface area contributed by atoms with Gasteiger partial charge in [-0.15, -0.1) is 0 Å². The summed E-state index contributed by atoms with van der Waals surface area (Å²) in [5.74, 6) is -0.257. The summed E-state index contributed by atoms with van der Waals surface area (Å²) in [5.41, 5.74) is -0.760. The zero-order chi connectivity index (χ0) is 8.48. The first kappa shape index (κ1) is 8.51. The van der Waals surface area contributed by atoms with E-state index >= 15 is 0 Å². The van der Waals surface area contributed by atoms with E-state index in [0.717, 1.165) is 13.0 Å². The van der Waals surface area contributed by atoms with E-state index < -0.39 is 5.60 Å². The number of rotatable bonds is 1. The Morgan fingerprint density at radius 2 is 2.36 bits per heavy atom. The van der Waals surface area contributed by atoms with Gasteiger partial charge in [-0.25, -0.2) is 0 Å². The zero-order valence-electron chi connectivity index (χ0n) is 7.04. The summed E-state index contributed by atoms with van der Waals surface area (Å²) in [6.07, 6.45) is 0.720. The first-order valence-corrected chi connectivity index (χ1v) is 3.89. The van der Waals surface area contributed by atoms with E-state index in [1.807, 2.05) is 11.9 Å². The average molecular weight is 154 g/mol. The first-order chi connectivity index (χ1) is 5.08. The molecule has 0 aromatic rings. The van der Waals surface area contributed by atoms with E-state index in [-0.39, 0.29) is 5.92 Å². The predicted molar refractivity (Wildman–Crippen MR) is 41.8 cm³/mol. The molecule has 2 atom stereocenters. The van der Waals surface area contributed by atoms with E-state index in [2.05, 4.69) is 6.07 Å². The van der Waals surface area contributed by atoms with Crippen LogP contribution in [0.25, 0.3) is 0 Å². The summed E-state index contributed by atoms with van der Waals surface area (Å²) in [7, 11) is 1.96. The highest BCUT2D eigenvalue weighted by Gasteiger charge is 2.39. The van der Waals surface area contributed by atoms with Gasteiger partial charge in [-0.3, -0.25) is 0 Å². The standard InChI is InChI=1S/C8H14N2O/c1-7(5-9)8(11)3-4-10(2)6-8/h7,11H,3-4,6H2,1-2H3. The number of likely N-dealkylation sites (tertiary alicyclic amines) is 1. The van der Waals surface area contributed by atoms with Gasteiger partial charge in [0, 0.05) is 13.1 Å². The molecule has 62 valence electrons. The van der Waals surface area contributed by atoms with Crippen molar-refractivity contribution >= 4 is 0 Å². The number of likely N-dealkylation sites (N-methyl/N-ethyl adjacent to an activating group) is 1. The number of nitriles is 1. The van der Waals surface area contributed by atoms with Gasteiger partial charge < -0.3 is 10.0 Å². The molecule has 0 radical (unpaired) electrons. The molecule has 11 heavy (non-hydrogen) atoms. The number of β-amino-alcohol motifs (C(OH)–C–C–N with tert-alkyl or cyclic N) is 1. The molecule has 3 nitrogen and oxygen atoms in total. The Labute approximate surface area is 67.2 Å². The lowest BCUT2D eigenvalue weighted by Crippen LogP contribution is -2.38. The van der Waals surface area contributed by atoms with Crippen LogP contribution in [0.4, 0.5) is 0 Å². The van der Waals surface area contributed by atoms with Crippen LogP contribution in [-0.4, -0.2) is 35.7 Å². The molecule has 2 unspecified atom stereocenters. The van der Waals surface area contributed by atoms with Crippen LogP contribution >= 0.6 is 0 Å². The molecule has 3 heteroatoms. The van der Waals surface area contributed by atoms with Crippen LogP contribution in [0, 0.1) is 17.2 Å². The molecule has 0 bridgehead atoms. The van der Waals surface area contributed by atoms with E-state index in [0.29, 0.717) is 6.54 Å². The molecule has 1 N–H and O–H groups in total. The lowest BCUT2D eigenvalue weighted by Gasteiger charge is -2.24. The topological polar surface area (TPSA) is 47.3 Å². The highest BCUT2D eigenvalue weighted by molar-refractivity contribution is 5.01. The van der Waals surface area contributed by atoms with Crippen LogP contribution in [0.2, 0.25) is 0 Å². The van der Waals surface area contributed by atoms with Gasteiger partial charge in [0.2, 0.25) is 0 Å². The Kier molecular flexibility index (Phi) is 2.17. The van der Waals surface area contributed by atoms with E-state index in [9.17, 15) is 5.11 Å². The van der Waals surface area contributed by atoms with E-state index in [1.165, 1.54) is 0 Å². The van der Waals surface area contributed by atoms with Gasteiger partial charge in [-0.2, -0.15) is 5.26 Å². The van der Waals surface area contributed by atoms with Crippen molar-refractivity contribution in [2.24, 2.45) is 5.92 Å². The Morgan fingerprint density at radius 1 is 1.73 bits per heavy atom. The maximum absolute atomic E-state index is 9.87. The molecule has 0 aliphatic carbocycles. The van der Waals surface area contributed by atoms with Gasteiger partial charge in [-0.05, 0) is 20.4 Å². The van der Waals surface area contributed by atoms with Gasteiger partial charge in [-0.1, -0.05) is 0 Å². The quantitative estimate of drug-likeness (QED) is 0.587. The Bertz CT molecular complexity index is 187. The summed E-state index contributed by atoms with van der Waals surface area (Å²) in [5, 5.41) is 18.5. The predicted octanol–water partition coefficient (Wildman–Crippen LogP) is 0.213. The van der Waals surface area contributed by atoms with E-state index in [4.69, 9.17) is 5.26 Å². The normalized spacial score (nSPS) is 35.1. The van der Waals surface area contributed by atoms with Crippen molar-refractivity contribution in [2.75, 3.05) is 20.1 Å². The van der Waals surface area contributed by atoms with E-state index in [1.54, 1.807) is 6.92 Å². The number of nitrogens with zero attached hydrogens (tertiary/aromatic N) is 2. The molecule has 0 spiro atoms. The molecule has 1 saturated heterocycles. The fourth-order valence-corrected chi connectivity index (χ4v) is 1.48. The van der Waals surface area contributed by atoms with Crippen molar-refractivity contribution in [3.05, 3.63) is 0 Å². The second kappa shape index (κ2) is 2.80. The van der Waals surface area contributed by atoms with Gasteiger partial charge in [0.25, 0.3) is 0 Å². The number of aliphatic hydroxyl groups is 1. The highest BCUT2D eigenvalue weighted by atomic mass is 16.3. The molecule has 0 saturated carbocycles. The lowest BCUT2D eigenvalue weighted by atomic mass is 9.89. The summed E-state index contributed by atoms with van der Waals surface area (Å²) in [6, 6.07) is 2.09. The molecular formula is C8H14N2O. The Hall–Kier alpha value is -0.590. The minimum absolute atomic E-state index is 0.257. The molecule has 0 aromatic carbocycles. The third-order valence-corrected chi connectivity index (χ3v) is 2.47. The van der Waals surface area contributed by atoms with Crippen molar-refractivity contribution in [3.63, 3.8) is 0 Å². The SMILES string of the molecule is CC(C#N)C1(O)CCN(C)C1. The number of hydrogen-bond acceptors (Lipinski definition) is 3. The minimum Gasteiger partial charge on any atom is -0.387 e. The van der Waals surface area contributed by atoms with Crippen LogP contribution < -0.4 is 0 Å². The average Bonchev–Trinajstić information content (AvgIpc) is 2.31. The van der Waals surface area contributed by atoms with Crippen molar-refractivity contribution in [2.45, 2.75) is 18.9 Å². The highest BCUT2D eigenvalue weighted by Crippen LogP contribution is 2.27. The fraction of sp³-hybridized carbons (Fsp3) is 0.875. The smallest absolute Gasteiger partial charge is 0.0940 e. The van der Waals surface area contributed by atoms with Crippen molar-refractivity contribution < 1.29 is 5.11 Å². The summed E-state index contributed by atoms with van der Waals surface area (Å²) in [4.78, 5) is 2.05. The summed E-state index contributed by atoms with van der Waals surface area (Å²) in [6.45, 7) is 3.30. The maximum Gasteiger partial charge on any atom is 0.0940 e. The monoisotopic (exact) mass is 154 g/mol. The first-order valence-electron chi connectivity index (χ1n) is 3.89. The van der Waals surface area contributed by atoms with Crippen LogP contribution in [-0.2, 0) is 0 Å². The van der Waals surface area contributed by atoms with Crippen LogP contribution in [0.1, 0.15) is 13.3 Å². The van der Waals surface area contributed by atoms with Crippen molar-refractivity contribution in [3.8, 4) is 6.07 Å². The molecule has 0 amide bonds. The van der Waals surface area contributed by atoms with Gasteiger partial charge >= 0.3 is 0 Å². The zero-order valence-corrected chi connectivity index (χ0v) is 7.04. The molecule has 1 aliphatic heterocycles. The van der Waals surface area contributed by atoms with Gasteiger partial charge in [0.05, 0.1) is 17.6 Å². The van der Waals surface area contributed by atoms with Crippen LogP contribution in [0.3, 0.4) is 0 Å². The lowest BCUT2D eigenvalue weighted by molar-refractivity contribution is 0.0202. The molecule has 1 heterocycles. The van der Waals surface area contributed by atoms with Gasteiger partial charge in [0.1, 0.15) is 0 Å². The third kappa shape index (κ3) is 1.52. The molecular weight excluding hydrogens is 140 g/mol. The third-order valence-electron chi connectivity index (χ3n) is 2.47. The fourth-order valence-electron chi connectivity index (χ4n) is 1.48. The molecule has 0 aromatic heterocycles. The summed E-state index contributed by atoms with van der Waals surface area (Å²) < 4.78 is 0. The maximum atomic E-state index is 9.87. The van der Waals surface area contributed by atoms with Crippen LogP contribution in [0.15, 0.2) is 0 Å². The molecule has 1 fully saturated rings. The van der Waals surface area contributed by atoms with Crippen molar-refractivity contribution in [1.82, 2.24) is 4.90 Å². The second-order valence-corrected chi connectivity index (χ2v) is 3.44. The van der Waals surface area contributed by atoms with Crippen molar-refractivity contribution in [1.29, 1.82) is 5.26 Å². The number of hydrogen-bond donors (Lipinski definition) is 1.